The summed E-state index contributed by atoms with van der Waals surface area (Å²) < 4.78 is 29.3. The van der Waals surface area contributed by atoms with Crippen LogP contribution >= 0.6 is 27.5 Å². The van der Waals surface area contributed by atoms with Gasteiger partial charge in [-0.25, -0.2) is 8.42 Å². The monoisotopic (exact) mass is 619 g/mol. The summed E-state index contributed by atoms with van der Waals surface area (Å²) in [5, 5.41) is 3.43. The summed E-state index contributed by atoms with van der Waals surface area (Å²) in [6.45, 7) is 5.12. The average molecular weight is 621 g/mol. The molecular formula is C28H31BrClN3O4S. The maximum atomic E-state index is 14.0. The lowest BCUT2D eigenvalue weighted by Gasteiger charge is -2.33. The molecule has 7 nitrogen and oxygen atoms in total. The number of carbonyl (C=O) groups is 2. The van der Waals surface area contributed by atoms with Crippen molar-refractivity contribution >= 4 is 55.1 Å². The molecular weight excluding hydrogens is 590 g/mol. The second kappa shape index (κ2) is 13.3. The van der Waals surface area contributed by atoms with Gasteiger partial charge in [-0.2, -0.15) is 0 Å². The van der Waals surface area contributed by atoms with E-state index in [-0.39, 0.29) is 23.4 Å². The standard InChI is InChI=1S/C28H31BrClN3O4S/c1-4-26(28(35)31-20(2)3)32(18-21-13-15-23(30)16-14-21)27(34)19-33(24-10-8-9-22(29)17-24)38(36,37)25-11-6-5-7-12-25/h5-17,20,26H,4,18-19H2,1-3H3,(H,31,35)/t26-/m0/s1. The number of nitrogens with one attached hydrogen (secondary N) is 1. The fraction of sp³-hybridized carbons (Fsp3) is 0.286. The van der Waals surface area contributed by atoms with Gasteiger partial charge in [-0.3, -0.25) is 13.9 Å². The lowest BCUT2D eigenvalue weighted by atomic mass is 10.1. The van der Waals surface area contributed by atoms with E-state index in [1.165, 1.54) is 17.0 Å². The molecule has 0 fully saturated rings. The molecule has 0 saturated heterocycles. The van der Waals surface area contributed by atoms with Gasteiger partial charge in [-0.05, 0) is 68.3 Å². The van der Waals surface area contributed by atoms with Gasteiger partial charge < -0.3 is 10.2 Å². The summed E-state index contributed by atoms with van der Waals surface area (Å²) in [7, 11) is -4.10. The largest absolute Gasteiger partial charge is 0.352 e. The van der Waals surface area contributed by atoms with Crippen molar-refractivity contribution in [2.75, 3.05) is 10.8 Å². The zero-order valence-electron chi connectivity index (χ0n) is 21.5. The number of sulfonamides is 1. The van der Waals surface area contributed by atoms with Crippen LogP contribution in [-0.2, 0) is 26.2 Å². The molecule has 38 heavy (non-hydrogen) atoms. The van der Waals surface area contributed by atoms with Gasteiger partial charge in [0.1, 0.15) is 12.6 Å². The third-order valence-electron chi connectivity index (χ3n) is 5.79. The Morgan fingerprint density at radius 2 is 1.63 bits per heavy atom. The van der Waals surface area contributed by atoms with Crippen LogP contribution in [0.2, 0.25) is 5.02 Å². The summed E-state index contributed by atoms with van der Waals surface area (Å²) in [5.41, 5.74) is 1.08. The normalized spacial score (nSPS) is 12.2. The molecule has 0 aromatic heterocycles. The molecule has 3 rings (SSSR count). The number of carbonyl (C=O) groups excluding carboxylic acids is 2. The van der Waals surface area contributed by atoms with E-state index in [9.17, 15) is 18.0 Å². The van der Waals surface area contributed by atoms with E-state index >= 15 is 0 Å². The van der Waals surface area contributed by atoms with Crippen molar-refractivity contribution < 1.29 is 18.0 Å². The Morgan fingerprint density at radius 1 is 0.974 bits per heavy atom. The minimum atomic E-state index is -4.10. The molecule has 202 valence electrons. The van der Waals surface area contributed by atoms with Crippen molar-refractivity contribution in [2.45, 2.75) is 50.7 Å². The maximum Gasteiger partial charge on any atom is 0.264 e. The van der Waals surface area contributed by atoms with Gasteiger partial charge >= 0.3 is 0 Å². The highest BCUT2D eigenvalue weighted by Gasteiger charge is 2.33. The number of benzene rings is 3. The summed E-state index contributed by atoms with van der Waals surface area (Å²) in [6, 6.07) is 20.8. The van der Waals surface area contributed by atoms with Crippen LogP contribution in [0.1, 0.15) is 32.8 Å². The van der Waals surface area contributed by atoms with E-state index < -0.39 is 28.5 Å². The molecule has 0 aliphatic heterocycles. The lowest BCUT2D eigenvalue weighted by molar-refractivity contribution is -0.140. The van der Waals surface area contributed by atoms with Crippen LogP contribution in [0.5, 0.6) is 0 Å². The third-order valence-corrected chi connectivity index (χ3v) is 8.32. The first-order valence-corrected chi connectivity index (χ1v) is 14.8. The Labute approximate surface area is 238 Å². The van der Waals surface area contributed by atoms with Crippen molar-refractivity contribution in [1.29, 1.82) is 0 Å². The van der Waals surface area contributed by atoms with Gasteiger partial charge in [-0.15, -0.1) is 0 Å². The topological polar surface area (TPSA) is 86.8 Å². The Morgan fingerprint density at radius 3 is 2.21 bits per heavy atom. The molecule has 2 amide bonds. The van der Waals surface area contributed by atoms with Crippen LogP contribution in [0.4, 0.5) is 5.69 Å². The second-order valence-corrected chi connectivity index (χ2v) is 12.3. The van der Waals surface area contributed by atoms with Crippen molar-refractivity contribution in [2.24, 2.45) is 0 Å². The van der Waals surface area contributed by atoms with Gasteiger partial charge in [0.05, 0.1) is 10.6 Å². The number of nitrogens with zero attached hydrogens (tertiary/aromatic N) is 2. The first-order valence-electron chi connectivity index (χ1n) is 12.2. The second-order valence-electron chi connectivity index (χ2n) is 9.04. The maximum absolute atomic E-state index is 14.0. The van der Waals surface area contributed by atoms with Gasteiger partial charge in [0.25, 0.3) is 10.0 Å². The van der Waals surface area contributed by atoms with E-state index in [1.807, 2.05) is 20.8 Å². The number of hydrogen-bond donors (Lipinski definition) is 1. The molecule has 3 aromatic rings. The SMILES string of the molecule is CC[C@@H](C(=O)NC(C)C)N(Cc1ccc(Cl)cc1)C(=O)CN(c1cccc(Br)c1)S(=O)(=O)c1ccccc1. The van der Waals surface area contributed by atoms with Crippen LogP contribution in [0, 0.1) is 0 Å². The molecule has 0 spiro atoms. The molecule has 0 radical (unpaired) electrons. The first-order chi connectivity index (χ1) is 18.0. The summed E-state index contributed by atoms with van der Waals surface area (Å²) in [4.78, 5) is 28.6. The smallest absolute Gasteiger partial charge is 0.264 e. The molecule has 3 aromatic carbocycles. The minimum absolute atomic E-state index is 0.0571. The summed E-state index contributed by atoms with van der Waals surface area (Å²) in [6.07, 6.45) is 0.347. The molecule has 0 aliphatic carbocycles. The van der Waals surface area contributed by atoms with Gasteiger partial charge in [0, 0.05) is 22.1 Å². The highest BCUT2D eigenvalue weighted by Crippen LogP contribution is 2.27. The number of hydrogen-bond acceptors (Lipinski definition) is 4. The number of anilines is 1. The Hall–Kier alpha value is -2.88. The zero-order chi connectivity index (χ0) is 27.9. The highest BCUT2D eigenvalue weighted by molar-refractivity contribution is 9.10. The number of amides is 2. The molecule has 1 atom stereocenters. The van der Waals surface area contributed by atoms with E-state index in [4.69, 9.17) is 11.6 Å². The molecule has 0 bridgehead atoms. The van der Waals surface area contributed by atoms with Crippen LogP contribution < -0.4 is 9.62 Å². The highest BCUT2D eigenvalue weighted by atomic mass is 79.9. The van der Waals surface area contributed by atoms with Gasteiger partial charge in [-0.1, -0.05) is 70.9 Å². The number of rotatable bonds is 11. The molecule has 0 aliphatic rings. The van der Waals surface area contributed by atoms with E-state index in [2.05, 4.69) is 21.2 Å². The van der Waals surface area contributed by atoms with E-state index in [0.29, 0.717) is 21.6 Å². The van der Waals surface area contributed by atoms with E-state index in [1.54, 1.807) is 66.7 Å². The lowest BCUT2D eigenvalue weighted by Crippen LogP contribution is -2.53. The summed E-state index contributed by atoms with van der Waals surface area (Å²) in [5.74, 6) is -0.810. The van der Waals surface area contributed by atoms with Crippen molar-refractivity contribution in [1.82, 2.24) is 10.2 Å². The van der Waals surface area contributed by atoms with E-state index in [0.717, 1.165) is 9.87 Å². The van der Waals surface area contributed by atoms with Gasteiger partial charge in [0.2, 0.25) is 11.8 Å². The van der Waals surface area contributed by atoms with Crippen molar-refractivity contribution in [3.05, 3.63) is 93.9 Å². The molecule has 10 heteroatoms. The molecule has 0 unspecified atom stereocenters. The number of halogens is 2. The predicted molar refractivity (Wildman–Crippen MR) is 154 cm³/mol. The zero-order valence-corrected chi connectivity index (χ0v) is 24.6. The molecule has 1 N–H and O–H groups in total. The van der Waals surface area contributed by atoms with Gasteiger partial charge in [0.15, 0.2) is 0 Å². The van der Waals surface area contributed by atoms with Crippen LogP contribution in [0.3, 0.4) is 0 Å². The first kappa shape index (κ1) is 29.7. The summed E-state index contributed by atoms with van der Waals surface area (Å²) >= 11 is 9.44. The quantitative estimate of drug-likeness (QED) is 0.301. The minimum Gasteiger partial charge on any atom is -0.352 e. The Bertz CT molecular complexity index is 1350. The fourth-order valence-electron chi connectivity index (χ4n) is 3.97. The van der Waals surface area contributed by atoms with Crippen LogP contribution in [0.25, 0.3) is 0 Å². The molecule has 0 saturated carbocycles. The average Bonchev–Trinajstić information content (AvgIpc) is 2.88. The van der Waals surface area contributed by atoms with Crippen LogP contribution in [-0.4, -0.2) is 43.8 Å². The van der Waals surface area contributed by atoms with Crippen molar-refractivity contribution in [3.8, 4) is 0 Å². The predicted octanol–water partition coefficient (Wildman–Crippen LogP) is 5.63. The Balaban J connectivity index is 2.05. The fourth-order valence-corrected chi connectivity index (χ4v) is 5.91. The Kier molecular flexibility index (Phi) is 10.4. The van der Waals surface area contributed by atoms with Crippen molar-refractivity contribution in [3.63, 3.8) is 0 Å². The van der Waals surface area contributed by atoms with Crippen LogP contribution in [0.15, 0.2) is 88.2 Å². The molecule has 0 heterocycles. The third kappa shape index (κ3) is 7.58.